The van der Waals surface area contributed by atoms with E-state index in [0.29, 0.717) is 0 Å². The molecule has 1 rings (SSSR count). The number of nitrogens with one attached hydrogen (secondary N) is 1. The maximum absolute atomic E-state index is 12.0. The van der Waals surface area contributed by atoms with Crippen molar-refractivity contribution in [1.82, 2.24) is 5.32 Å². The summed E-state index contributed by atoms with van der Waals surface area (Å²) in [6, 6.07) is -0.611. The highest BCUT2D eigenvalue weighted by Crippen LogP contribution is 2.28. The second-order valence-corrected chi connectivity index (χ2v) is 4.41. The van der Waals surface area contributed by atoms with Crippen molar-refractivity contribution in [2.24, 2.45) is 5.92 Å². The van der Waals surface area contributed by atoms with Crippen LogP contribution in [0, 0.1) is 5.92 Å². The van der Waals surface area contributed by atoms with Crippen molar-refractivity contribution < 1.29 is 22.7 Å². The fourth-order valence-corrected chi connectivity index (χ4v) is 1.95. The van der Waals surface area contributed by atoms with Gasteiger partial charge in [0, 0.05) is 18.4 Å². The van der Waals surface area contributed by atoms with E-state index >= 15 is 0 Å². The molecule has 1 aliphatic rings. The summed E-state index contributed by atoms with van der Waals surface area (Å²) in [4.78, 5) is 10.8. The van der Waals surface area contributed by atoms with Crippen LogP contribution in [0.4, 0.5) is 13.2 Å². The molecule has 4 atom stereocenters. The summed E-state index contributed by atoms with van der Waals surface area (Å²) in [5.41, 5.74) is -0.662. The number of hydrogen-bond donors (Lipinski definition) is 1. The van der Waals surface area contributed by atoms with Crippen molar-refractivity contribution in [2.75, 3.05) is 0 Å². The van der Waals surface area contributed by atoms with Gasteiger partial charge in [-0.25, -0.2) is 0 Å². The van der Waals surface area contributed by atoms with Crippen LogP contribution in [0.3, 0.4) is 0 Å². The Bertz CT molecular complexity index is 272. The average molecular weight is 260 g/mol. The van der Waals surface area contributed by atoms with Crippen LogP contribution in [-0.4, -0.2) is 29.8 Å². The van der Waals surface area contributed by atoms with Crippen LogP contribution in [0.1, 0.15) is 20.3 Å². The second kappa shape index (κ2) is 4.79. The van der Waals surface area contributed by atoms with Gasteiger partial charge in [0.1, 0.15) is 5.56 Å². The highest BCUT2D eigenvalue weighted by molar-refractivity contribution is 6.19. The van der Waals surface area contributed by atoms with Gasteiger partial charge in [0.15, 0.2) is 0 Å². The van der Waals surface area contributed by atoms with Gasteiger partial charge in [0.25, 0.3) is 0 Å². The van der Waals surface area contributed by atoms with Crippen LogP contribution in [0.15, 0.2) is 0 Å². The van der Waals surface area contributed by atoms with Gasteiger partial charge in [0.2, 0.25) is 0 Å². The Kier molecular flexibility index (Phi) is 4.07. The van der Waals surface area contributed by atoms with Gasteiger partial charge < -0.3 is 10.1 Å². The van der Waals surface area contributed by atoms with E-state index in [1.165, 1.54) is 0 Å². The van der Waals surface area contributed by atoms with Crippen molar-refractivity contribution >= 4 is 17.5 Å². The predicted molar refractivity (Wildman–Crippen MR) is 52.0 cm³/mol. The van der Waals surface area contributed by atoms with Gasteiger partial charge in [0.05, 0.1) is 6.10 Å². The van der Waals surface area contributed by atoms with E-state index in [9.17, 15) is 18.0 Å². The zero-order chi connectivity index (χ0) is 12.5. The maximum Gasteiger partial charge on any atom is 0.471 e. The standard InChI is InChI=1S/C9H13ClF3NO2/c1-4-5(2)16-7(10)3-6(4)14-8(15)9(11,12)13/h4-7H,3H2,1-2H3,(H,14,15)/t4-,5-,6-,7?/m0/s1. The molecule has 1 N–H and O–H groups in total. The summed E-state index contributed by atoms with van der Waals surface area (Å²) in [6.07, 6.45) is -4.97. The normalized spacial score (nSPS) is 35.9. The third-order valence-corrected chi connectivity index (χ3v) is 3.03. The van der Waals surface area contributed by atoms with E-state index in [1.54, 1.807) is 13.8 Å². The third-order valence-electron chi connectivity index (χ3n) is 2.75. The fraction of sp³-hybridized carbons (Fsp3) is 0.889. The zero-order valence-electron chi connectivity index (χ0n) is 8.84. The number of hydrogen-bond acceptors (Lipinski definition) is 2. The van der Waals surface area contributed by atoms with Gasteiger partial charge in [-0.1, -0.05) is 18.5 Å². The zero-order valence-corrected chi connectivity index (χ0v) is 9.60. The third kappa shape index (κ3) is 3.25. The molecule has 7 heteroatoms. The number of alkyl halides is 4. The molecule has 1 fully saturated rings. The molecule has 1 unspecified atom stereocenters. The lowest BCUT2D eigenvalue weighted by atomic mass is 9.91. The molecule has 3 nitrogen and oxygen atoms in total. The lowest BCUT2D eigenvalue weighted by Gasteiger charge is -2.37. The number of amides is 1. The number of carbonyl (C=O) groups is 1. The fourth-order valence-electron chi connectivity index (χ4n) is 1.59. The van der Waals surface area contributed by atoms with Crippen molar-refractivity contribution in [2.45, 2.75) is 44.2 Å². The van der Waals surface area contributed by atoms with Crippen LogP contribution in [0.5, 0.6) is 0 Å². The van der Waals surface area contributed by atoms with Gasteiger partial charge in [-0.2, -0.15) is 13.2 Å². The highest BCUT2D eigenvalue weighted by Gasteiger charge is 2.42. The van der Waals surface area contributed by atoms with Crippen LogP contribution in [0.2, 0.25) is 0 Å². The van der Waals surface area contributed by atoms with E-state index in [0.717, 1.165) is 0 Å². The topological polar surface area (TPSA) is 38.3 Å². The molecule has 0 aromatic carbocycles. The summed E-state index contributed by atoms with van der Waals surface area (Å²) in [5, 5.41) is 1.94. The average Bonchev–Trinajstić information content (AvgIpc) is 2.11. The molecule has 1 heterocycles. The Balaban J connectivity index is 2.62. The molecule has 0 bridgehead atoms. The molecule has 0 spiro atoms. The summed E-state index contributed by atoms with van der Waals surface area (Å²) in [7, 11) is 0. The molecule has 0 saturated carbocycles. The van der Waals surface area contributed by atoms with Crippen molar-refractivity contribution in [1.29, 1.82) is 0 Å². The second-order valence-electron chi connectivity index (χ2n) is 3.92. The van der Waals surface area contributed by atoms with Crippen molar-refractivity contribution in [3.63, 3.8) is 0 Å². The number of rotatable bonds is 1. The quantitative estimate of drug-likeness (QED) is 0.732. The summed E-state index contributed by atoms with van der Waals surface area (Å²) < 4.78 is 41.4. The Morgan fingerprint density at radius 3 is 2.50 bits per heavy atom. The van der Waals surface area contributed by atoms with E-state index in [-0.39, 0.29) is 18.4 Å². The first kappa shape index (κ1) is 13.6. The SMILES string of the molecule is C[C@@H]1[C@@H](NC(=O)C(F)(F)F)CC(Cl)O[C@H]1C. The largest absolute Gasteiger partial charge is 0.471 e. The lowest BCUT2D eigenvalue weighted by molar-refractivity contribution is -0.176. The first-order valence-corrected chi connectivity index (χ1v) is 5.32. The van der Waals surface area contributed by atoms with E-state index in [2.05, 4.69) is 0 Å². The molecular formula is C9H13ClF3NO2. The lowest BCUT2D eigenvalue weighted by Crippen LogP contribution is -2.52. The Morgan fingerprint density at radius 2 is 2.00 bits per heavy atom. The van der Waals surface area contributed by atoms with E-state index < -0.39 is 23.7 Å². The molecule has 0 aromatic heterocycles. The van der Waals surface area contributed by atoms with Crippen LogP contribution in [-0.2, 0) is 9.53 Å². The van der Waals surface area contributed by atoms with Crippen molar-refractivity contribution in [3.05, 3.63) is 0 Å². The van der Waals surface area contributed by atoms with Gasteiger partial charge in [-0.15, -0.1) is 0 Å². The monoisotopic (exact) mass is 259 g/mol. The molecule has 0 aromatic rings. The number of halogens is 4. The van der Waals surface area contributed by atoms with Crippen LogP contribution in [0.25, 0.3) is 0 Å². The molecule has 1 amide bonds. The Morgan fingerprint density at radius 1 is 1.44 bits per heavy atom. The van der Waals surface area contributed by atoms with E-state index in [4.69, 9.17) is 16.3 Å². The first-order valence-electron chi connectivity index (χ1n) is 4.89. The summed E-state index contributed by atoms with van der Waals surface area (Å²) in [6.45, 7) is 3.43. The Labute approximate surface area is 96.3 Å². The van der Waals surface area contributed by atoms with Crippen LogP contribution >= 0.6 is 11.6 Å². The number of ether oxygens (including phenoxy) is 1. The van der Waals surface area contributed by atoms with E-state index in [1.807, 2.05) is 5.32 Å². The molecule has 0 aliphatic carbocycles. The molecule has 1 aliphatic heterocycles. The maximum atomic E-state index is 12.0. The minimum atomic E-state index is -4.86. The van der Waals surface area contributed by atoms with Gasteiger partial charge >= 0.3 is 12.1 Å². The van der Waals surface area contributed by atoms with Gasteiger partial charge in [-0.3, -0.25) is 4.79 Å². The predicted octanol–water partition coefficient (Wildman–Crippen LogP) is 2.04. The smallest absolute Gasteiger partial charge is 0.359 e. The first-order chi connectivity index (χ1) is 7.21. The summed E-state index contributed by atoms with van der Waals surface area (Å²) >= 11 is 5.71. The molecule has 1 saturated heterocycles. The van der Waals surface area contributed by atoms with Crippen molar-refractivity contribution in [3.8, 4) is 0 Å². The molecular weight excluding hydrogens is 247 g/mol. The molecule has 94 valence electrons. The highest BCUT2D eigenvalue weighted by atomic mass is 35.5. The van der Waals surface area contributed by atoms with Gasteiger partial charge in [-0.05, 0) is 6.92 Å². The van der Waals surface area contributed by atoms with Crippen LogP contribution < -0.4 is 5.32 Å². The Hall–Kier alpha value is -0.490. The molecule has 16 heavy (non-hydrogen) atoms. The summed E-state index contributed by atoms with van der Waals surface area (Å²) in [5.74, 6) is -2.14. The molecule has 0 radical (unpaired) electrons. The minimum absolute atomic E-state index is 0.175. The number of carbonyl (C=O) groups excluding carboxylic acids is 1. The minimum Gasteiger partial charge on any atom is -0.359 e.